The standard InChI is InChI=1S/C17H21ClN6O2S/c1-17(23-16(25)26)5-7-24(8-6-17)12-9-21-15(14(20)22-12)27-11-4-2-3-10(19)13(11)18/h2-4,9,23H,5-8,19H2,1H3,(H2,20,22)(H,25,26). The fourth-order valence-electron chi connectivity index (χ4n) is 2.94. The van der Waals surface area contributed by atoms with Crippen molar-refractivity contribution in [3.05, 3.63) is 29.4 Å². The van der Waals surface area contributed by atoms with Crippen molar-refractivity contribution in [1.82, 2.24) is 15.3 Å². The lowest BCUT2D eigenvalue weighted by molar-refractivity contribution is 0.173. The Bertz CT molecular complexity index is 857. The maximum Gasteiger partial charge on any atom is 0.405 e. The van der Waals surface area contributed by atoms with Crippen molar-refractivity contribution in [2.75, 3.05) is 29.5 Å². The molecule has 0 radical (unpaired) electrons. The summed E-state index contributed by atoms with van der Waals surface area (Å²) in [4.78, 5) is 22.6. The van der Waals surface area contributed by atoms with Gasteiger partial charge in [-0.15, -0.1) is 0 Å². The molecule has 1 aromatic carbocycles. The molecular formula is C17H21ClN6O2S. The molecule has 0 bridgehead atoms. The molecule has 1 aromatic heterocycles. The number of nitrogens with zero attached hydrogens (tertiary/aromatic N) is 3. The topological polar surface area (TPSA) is 130 Å². The number of hydrogen-bond acceptors (Lipinski definition) is 7. The molecule has 1 fully saturated rings. The minimum atomic E-state index is -1.00. The van der Waals surface area contributed by atoms with E-state index in [2.05, 4.69) is 20.2 Å². The summed E-state index contributed by atoms with van der Waals surface area (Å²) in [6.45, 7) is 3.24. The van der Waals surface area contributed by atoms with E-state index in [1.165, 1.54) is 11.8 Å². The first-order valence-corrected chi connectivity index (χ1v) is 9.57. The SMILES string of the molecule is CC1(NC(=O)O)CCN(c2cnc(Sc3cccc(N)c3Cl)c(N)n2)CC1. The van der Waals surface area contributed by atoms with Crippen molar-refractivity contribution < 1.29 is 9.90 Å². The molecule has 0 spiro atoms. The summed E-state index contributed by atoms with van der Waals surface area (Å²) >= 11 is 7.53. The minimum Gasteiger partial charge on any atom is -0.465 e. The van der Waals surface area contributed by atoms with Crippen LogP contribution in [-0.4, -0.2) is 39.8 Å². The molecule has 0 aliphatic carbocycles. The molecule has 1 aliphatic rings. The van der Waals surface area contributed by atoms with Gasteiger partial charge in [-0.2, -0.15) is 0 Å². The highest BCUT2D eigenvalue weighted by Crippen LogP contribution is 2.37. The largest absolute Gasteiger partial charge is 0.465 e. The van der Waals surface area contributed by atoms with E-state index >= 15 is 0 Å². The van der Waals surface area contributed by atoms with Crippen LogP contribution < -0.4 is 21.7 Å². The molecule has 2 heterocycles. The predicted molar refractivity (Wildman–Crippen MR) is 107 cm³/mol. The average Bonchev–Trinajstić information content (AvgIpc) is 2.60. The maximum atomic E-state index is 10.9. The van der Waals surface area contributed by atoms with Crippen LogP contribution in [0.25, 0.3) is 0 Å². The van der Waals surface area contributed by atoms with Gasteiger partial charge >= 0.3 is 6.09 Å². The van der Waals surface area contributed by atoms with Crippen LogP contribution in [0.15, 0.2) is 34.3 Å². The fourth-order valence-corrected chi connectivity index (χ4v) is 4.00. The van der Waals surface area contributed by atoms with Crippen LogP contribution in [0, 0.1) is 0 Å². The molecule has 0 unspecified atom stereocenters. The van der Waals surface area contributed by atoms with Gasteiger partial charge in [0.2, 0.25) is 0 Å². The first-order valence-electron chi connectivity index (χ1n) is 8.38. The smallest absolute Gasteiger partial charge is 0.405 e. The number of nitrogen functional groups attached to an aromatic ring is 2. The molecule has 3 rings (SSSR count). The Kier molecular flexibility index (Phi) is 5.52. The molecule has 2 aromatic rings. The summed E-state index contributed by atoms with van der Waals surface area (Å²) in [6, 6.07) is 5.39. The maximum absolute atomic E-state index is 10.9. The Morgan fingerprint density at radius 3 is 2.70 bits per heavy atom. The average molecular weight is 409 g/mol. The Morgan fingerprint density at radius 2 is 2.07 bits per heavy atom. The summed E-state index contributed by atoms with van der Waals surface area (Å²) in [7, 11) is 0. The number of anilines is 3. The van der Waals surface area contributed by atoms with Gasteiger partial charge in [0.25, 0.3) is 0 Å². The number of aromatic nitrogens is 2. The molecule has 10 heteroatoms. The minimum absolute atomic E-state index is 0.313. The summed E-state index contributed by atoms with van der Waals surface area (Å²) in [5.41, 5.74) is 12.0. The number of carboxylic acid groups (broad SMARTS) is 1. The van der Waals surface area contributed by atoms with Crippen LogP contribution in [0.2, 0.25) is 5.02 Å². The van der Waals surface area contributed by atoms with Gasteiger partial charge in [-0.25, -0.2) is 14.8 Å². The van der Waals surface area contributed by atoms with E-state index in [1.807, 2.05) is 19.1 Å². The van der Waals surface area contributed by atoms with Crippen molar-refractivity contribution in [1.29, 1.82) is 0 Å². The monoisotopic (exact) mass is 408 g/mol. The van der Waals surface area contributed by atoms with Crippen LogP contribution in [0.4, 0.5) is 22.1 Å². The van der Waals surface area contributed by atoms with Crippen LogP contribution in [0.5, 0.6) is 0 Å². The Morgan fingerprint density at radius 1 is 1.37 bits per heavy atom. The highest BCUT2D eigenvalue weighted by molar-refractivity contribution is 7.99. The number of benzene rings is 1. The number of nitrogens with two attached hydrogens (primary N) is 2. The van der Waals surface area contributed by atoms with Gasteiger partial charge in [-0.1, -0.05) is 29.4 Å². The van der Waals surface area contributed by atoms with Crippen molar-refractivity contribution in [3.8, 4) is 0 Å². The first-order chi connectivity index (χ1) is 12.8. The fraction of sp³-hybridized carbons (Fsp3) is 0.353. The van der Waals surface area contributed by atoms with Crippen molar-refractivity contribution in [2.45, 2.75) is 35.2 Å². The second kappa shape index (κ2) is 7.69. The second-order valence-electron chi connectivity index (χ2n) is 6.66. The number of amides is 1. The van der Waals surface area contributed by atoms with Gasteiger partial charge in [0.15, 0.2) is 5.82 Å². The van der Waals surface area contributed by atoms with E-state index in [4.69, 9.17) is 28.2 Å². The zero-order valence-electron chi connectivity index (χ0n) is 14.8. The van der Waals surface area contributed by atoms with Gasteiger partial charge in [0.1, 0.15) is 10.8 Å². The van der Waals surface area contributed by atoms with Gasteiger partial charge < -0.3 is 26.8 Å². The van der Waals surface area contributed by atoms with Crippen LogP contribution >= 0.6 is 23.4 Å². The molecule has 8 nitrogen and oxygen atoms in total. The molecular weight excluding hydrogens is 388 g/mol. The van der Waals surface area contributed by atoms with E-state index in [9.17, 15) is 4.79 Å². The zero-order chi connectivity index (χ0) is 19.6. The second-order valence-corrected chi connectivity index (χ2v) is 8.07. The first kappa shape index (κ1) is 19.4. The molecule has 0 atom stereocenters. The number of carbonyl (C=O) groups is 1. The Labute approximate surface area is 166 Å². The molecule has 144 valence electrons. The van der Waals surface area contributed by atoms with Crippen LogP contribution in [0.1, 0.15) is 19.8 Å². The number of halogens is 1. The van der Waals surface area contributed by atoms with Crippen molar-refractivity contribution in [2.24, 2.45) is 0 Å². The van der Waals surface area contributed by atoms with Crippen molar-refractivity contribution in [3.63, 3.8) is 0 Å². The van der Waals surface area contributed by atoms with E-state index in [1.54, 1.807) is 12.3 Å². The third-order valence-electron chi connectivity index (χ3n) is 4.55. The quantitative estimate of drug-likeness (QED) is 0.567. The zero-order valence-corrected chi connectivity index (χ0v) is 16.3. The Balaban J connectivity index is 1.70. The van der Waals surface area contributed by atoms with Gasteiger partial charge in [-0.3, -0.25) is 0 Å². The van der Waals surface area contributed by atoms with Gasteiger partial charge in [0, 0.05) is 23.5 Å². The summed E-state index contributed by atoms with van der Waals surface area (Å²) < 4.78 is 0. The predicted octanol–water partition coefficient (Wildman–Crippen LogP) is 3.07. The third-order valence-corrected chi connectivity index (χ3v) is 6.15. The lowest BCUT2D eigenvalue weighted by Crippen LogP contribution is -2.53. The van der Waals surface area contributed by atoms with E-state index < -0.39 is 11.6 Å². The van der Waals surface area contributed by atoms with Gasteiger partial charge in [-0.05, 0) is 31.9 Å². The number of hydrogen-bond donors (Lipinski definition) is 4. The number of nitrogens with one attached hydrogen (secondary N) is 1. The molecule has 0 saturated carbocycles. The van der Waals surface area contributed by atoms with Crippen LogP contribution in [-0.2, 0) is 0 Å². The normalized spacial score (nSPS) is 16.1. The van der Waals surface area contributed by atoms with E-state index in [-0.39, 0.29) is 0 Å². The molecule has 1 aliphatic heterocycles. The molecule has 6 N–H and O–H groups in total. The molecule has 1 amide bonds. The molecule has 27 heavy (non-hydrogen) atoms. The number of rotatable bonds is 4. The van der Waals surface area contributed by atoms with Crippen LogP contribution in [0.3, 0.4) is 0 Å². The van der Waals surface area contributed by atoms with E-state index in [0.29, 0.717) is 53.3 Å². The number of piperidine rings is 1. The lowest BCUT2D eigenvalue weighted by atomic mass is 9.90. The van der Waals surface area contributed by atoms with Gasteiger partial charge in [0.05, 0.1) is 16.9 Å². The summed E-state index contributed by atoms with van der Waals surface area (Å²) in [6.07, 6.45) is 2.02. The molecule has 1 saturated heterocycles. The highest BCUT2D eigenvalue weighted by atomic mass is 35.5. The van der Waals surface area contributed by atoms with E-state index in [0.717, 1.165) is 4.90 Å². The third kappa shape index (κ3) is 4.48. The highest BCUT2D eigenvalue weighted by Gasteiger charge is 2.32. The lowest BCUT2D eigenvalue weighted by Gasteiger charge is -2.39. The van der Waals surface area contributed by atoms with Crippen molar-refractivity contribution >= 4 is 46.8 Å². The summed E-state index contributed by atoms with van der Waals surface area (Å²) in [5.74, 6) is 0.987. The Hall–Kier alpha value is -2.39. The summed E-state index contributed by atoms with van der Waals surface area (Å²) in [5, 5.41) is 12.6.